The first kappa shape index (κ1) is 12.6. The highest BCUT2D eigenvalue weighted by Gasteiger charge is 2.16. The average molecular weight is 246 g/mol. The quantitative estimate of drug-likeness (QED) is 0.897. The zero-order valence-electron chi connectivity index (χ0n) is 11.0. The molecule has 0 unspecified atom stereocenters. The van der Waals surface area contributed by atoms with Gasteiger partial charge in [0.05, 0.1) is 0 Å². The second-order valence-electron chi connectivity index (χ2n) is 4.48. The molecule has 18 heavy (non-hydrogen) atoms. The molecule has 0 fully saturated rings. The Morgan fingerprint density at radius 3 is 2.89 bits per heavy atom. The standard InChI is InChI=1S/C14H18N2O2/c1-10-4-5-12-11(8-10)9-13(18-12)14(17)16(3)7-6-15-2/h4-5,8-9,15H,6-7H2,1-3H3. The lowest BCUT2D eigenvalue weighted by atomic mass is 10.2. The second kappa shape index (κ2) is 5.23. The minimum Gasteiger partial charge on any atom is -0.451 e. The van der Waals surface area contributed by atoms with E-state index in [-0.39, 0.29) is 5.91 Å². The summed E-state index contributed by atoms with van der Waals surface area (Å²) in [7, 11) is 3.64. The maximum Gasteiger partial charge on any atom is 0.289 e. The number of carbonyl (C=O) groups excluding carboxylic acids is 1. The Morgan fingerprint density at radius 1 is 1.39 bits per heavy atom. The Balaban J connectivity index is 2.22. The predicted octanol–water partition coefficient (Wildman–Crippen LogP) is 2.03. The lowest BCUT2D eigenvalue weighted by molar-refractivity contribution is 0.0768. The molecule has 2 aromatic rings. The molecule has 0 aliphatic heterocycles. The first-order valence-electron chi connectivity index (χ1n) is 6.02. The lowest BCUT2D eigenvalue weighted by Crippen LogP contribution is -2.32. The van der Waals surface area contributed by atoms with E-state index < -0.39 is 0 Å². The summed E-state index contributed by atoms with van der Waals surface area (Å²) >= 11 is 0. The van der Waals surface area contributed by atoms with Crippen molar-refractivity contribution in [3.05, 3.63) is 35.6 Å². The summed E-state index contributed by atoms with van der Waals surface area (Å²) < 4.78 is 5.57. The van der Waals surface area contributed by atoms with E-state index in [2.05, 4.69) is 5.32 Å². The van der Waals surface area contributed by atoms with Gasteiger partial charge >= 0.3 is 0 Å². The van der Waals surface area contributed by atoms with E-state index >= 15 is 0 Å². The molecule has 4 nitrogen and oxygen atoms in total. The molecular formula is C14H18N2O2. The zero-order chi connectivity index (χ0) is 13.1. The summed E-state index contributed by atoms with van der Waals surface area (Å²) in [4.78, 5) is 13.8. The number of nitrogens with zero attached hydrogens (tertiary/aromatic N) is 1. The molecule has 1 amide bonds. The zero-order valence-corrected chi connectivity index (χ0v) is 11.0. The van der Waals surface area contributed by atoms with Crippen LogP contribution in [0.3, 0.4) is 0 Å². The Bertz CT molecular complexity index is 560. The number of hydrogen-bond donors (Lipinski definition) is 1. The molecule has 1 N–H and O–H groups in total. The Morgan fingerprint density at radius 2 is 2.17 bits per heavy atom. The van der Waals surface area contributed by atoms with E-state index in [4.69, 9.17) is 4.42 Å². The van der Waals surface area contributed by atoms with Gasteiger partial charge in [-0.15, -0.1) is 0 Å². The van der Waals surface area contributed by atoms with Gasteiger partial charge in [-0.2, -0.15) is 0 Å². The smallest absolute Gasteiger partial charge is 0.289 e. The minimum absolute atomic E-state index is 0.0842. The normalized spacial score (nSPS) is 10.8. The molecule has 0 atom stereocenters. The summed E-state index contributed by atoms with van der Waals surface area (Å²) in [5.41, 5.74) is 1.91. The molecule has 0 saturated carbocycles. The molecule has 1 aromatic heterocycles. The topological polar surface area (TPSA) is 45.5 Å². The highest BCUT2D eigenvalue weighted by atomic mass is 16.3. The molecular weight excluding hydrogens is 228 g/mol. The summed E-state index contributed by atoms with van der Waals surface area (Å²) in [6.07, 6.45) is 0. The van der Waals surface area contributed by atoms with Gasteiger partial charge in [0.1, 0.15) is 5.58 Å². The van der Waals surface area contributed by atoms with E-state index in [1.165, 1.54) is 0 Å². The van der Waals surface area contributed by atoms with Crippen molar-refractivity contribution in [2.24, 2.45) is 0 Å². The number of rotatable bonds is 4. The van der Waals surface area contributed by atoms with Crippen LogP contribution in [-0.4, -0.2) is 38.0 Å². The largest absolute Gasteiger partial charge is 0.451 e. The number of carbonyl (C=O) groups is 1. The van der Waals surface area contributed by atoms with Crippen LogP contribution in [-0.2, 0) is 0 Å². The third-order valence-corrected chi connectivity index (χ3v) is 2.93. The van der Waals surface area contributed by atoms with Gasteiger partial charge in [0, 0.05) is 25.5 Å². The molecule has 0 spiro atoms. The SMILES string of the molecule is CNCCN(C)C(=O)c1cc2cc(C)ccc2o1. The van der Waals surface area contributed by atoms with Crippen molar-refractivity contribution >= 4 is 16.9 Å². The van der Waals surface area contributed by atoms with E-state index in [1.807, 2.05) is 32.2 Å². The van der Waals surface area contributed by atoms with Crippen LogP contribution in [0.5, 0.6) is 0 Å². The number of fused-ring (bicyclic) bond motifs is 1. The molecule has 4 heteroatoms. The van der Waals surface area contributed by atoms with Gasteiger partial charge in [-0.3, -0.25) is 4.79 Å². The van der Waals surface area contributed by atoms with Gasteiger partial charge < -0.3 is 14.6 Å². The maximum absolute atomic E-state index is 12.1. The van der Waals surface area contributed by atoms with Crippen molar-refractivity contribution in [1.82, 2.24) is 10.2 Å². The van der Waals surface area contributed by atoms with Crippen LogP contribution in [0.2, 0.25) is 0 Å². The van der Waals surface area contributed by atoms with Crippen LogP contribution >= 0.6 is 0 Å². The molecule has 0 aliphatic rings. The molecule has 1 aromatic carbocycles. The van der Waals surface area contributed by atoms with E-state index in [0.717, 1.165) is 23.1 Å². The third kappa shape index (κ3) is 2.54. The fourth-order valence-electron chi connectivity index (χ4n) is 1.84. The third-order valence-electron chi connectivity index (χ3n) is 2.93. The maximum atomic E-state index is 12.1. The van der Waals surface area contributed by atoms with E-state index in [9.17, 15) is 4.79 Å². The lowest BCUT2D eigenvalue weighted by Gasteiger charge is -2.14. The molecule has 0 aliphatic carbocycles. The van der Waals surface area contributed by atoms with Crippen molar-refractivity contribution in [3.63, 3.8) is 0 Å². The average Bonchev–Trinajstić information content (AvgIpc) is 2.77. The highest BCUT2D eigenvalue weighted by molar-refractivity contribution is 5.96. The number of aryl methyl sites for hydroxylation is 1. The fraction of sp³-hybridized carbons (Fsp3) is 0.357. The van der Waals surface area contributed by atoms with Crippen LogP contribution in [0.1, 0.15) is 16.1 Å². The highest BCUT2D eigenvalue weighted by Crippen LogP contribution is 2.21. The number of benzene rings is 1. The van der Waals surface area contributed by atoms with E-state index in [0.29, 0.717) is 12.3 Å². The number of furan rings is 1. The monoisotopic (exact) mass is 246 g/mol. The predicted molar refractivity (Wildman–Crippen MR) is 71.8 cm³/mol. The van der Waals surface area contributed by atoms with Gasteiger partial charge in [0.25, 0.3) is 5.91 Å². The van der Waals surface area contributed by atoms with Gasteiger partial charge in [-0.25, -0.2) is 0 Å². The van der Waals surface area contributed by atoms with Crippen molar-refractivity contribution < 1.29 is 9.21 Å². The van der Waals surface area contributed by atoms with Crippen LogP contribution in [0.4, 0.5) is 0 Å². The van der Waals surface area contributed by atoms with Gasteiger partial charge in [0.15, 0.2) is 5.76 Å². The Kier molecular flexibility index (Phi) is 3.67. The number of nitrogens with one attached hydrogen (secondary N) is 1. The second-order valence-corrected chi connectivity index (χ2v) is 4.48. The fourth-order valence-corrected chi connectivity index (χ4v) is 1.84. The summed E-state index contributed by atoms with van der Waals surface area (Å²) in [6, 6.07) is 7.70. The first-order valence-corrected chi connectivity index (χ1v) is 6.02. The van der Waals surface area contributed by atoms with Crippen molar-refractivity contribution in [2.75, 3.05) is 27.2 Å². The molecule has 0 bridgehead atoms. The summed E-state index contributed by atoms with van der Waals surface area (Å²) in [6.45, 7) is 3.44. The number of likely N-dealkylation sites (N-methyl/N-ethyl adjacent to an activating group) is 2. The molecule has 2 rings (SSSR count). The van der Waals surface area contributed by atoms with Crippen molar-refractivity contribution in [1.29, 1.82) is 0 Å². The number of amides is 1. The van der Waals surface area contributed by atoms with Gasteiger partial charge in [-0.1, -0.05) is 11.6 Å². The van der Waals surface area contributed by atoms with Crippen LogP contribution < -0.4 is 5.32 Å². The van der Waals surface area contributed by atoms with Crippen LogP contribution in [0, 0.1) is 6.92 Å². The molecule has 0 saturated heterocycles. The summed E-state index contributed by atoms with van der Waals surface area (Å²) in [5.74, 6) is 0.313. The van der Waals surface area contributed by atoms with Crippen LogP contribution in [0.25, 0.3) is 11.0 Å². The van der Waals surface area contributed by atoms with Crippen LogP contribution in [0.15, 0.2) is 28.7 Å². The van der Waals surface area contributed by atoms with Crippen molar-refractivity contribution in [2.45, 2.75) is 6.92 Å². The van der Waals surface area contributed by atoms with Crippen molar-refractivity contribution in [3.8, 4) is 0 Å². The number of hydrogen-bond acceptors (Lipinski definition) is 3. The first-order chi connectivity index (χ1) is 8.61. The molecule has 96 valence electrons. The van der Waals surface area contributed by atoms with Gasteiger partial charge in [-0.05, 0) is 32.2 Å². The molecule has 0 radical (unpaired) electrons. The summed E-state index contributed by atoms with van der Waals surface area (Å²) in [5, 5.41) is 3.99. The minimum atomic E-state index is -0.0842. The Labute approximate surface area is 107 Å². The Hall–Kier alpha value is -1.81. The van der Waals surface area contributed by atoms with E-state index in [1.54, 1.807) is 18.0 Å². The van der Waals surface area contributed by atoms with Gasteiger partial charge in [0.2, 0.25) is 0 Å². The molecule has 1 heterocycles.